The second kappa shape index (κ2) is 5.53. The first kappa shape index (κ1) is 14.2. The van der Waals surface area contributed by atoms with Gasteiger partial charge in [0.15, 0.2) is 11.6 Å². The lowest BCUT2D eigenvalue weighted by Crippen LogP contribution is -2.10. The largest absolute Gasteiger partial charge is 0.436 e. The van der Waals surface area contributed by atoms with Crippen LogP contribution >= 0.6 is 15.9 Å². The standard InChI is InChI=1S/C13H11BrF2N4O/c14-7-3-8(15)12(16)9(4-7)21-11-5-10(20-17)18-13(19-11)6-1-2-6/h3-6H,1-2,17H2,(H,18,19,20). The lowest BCUT2D eigenvalue weighted by atomic mass is 10.3. The van der Waals surface area contributed by atoms with Crippen LogP contribution in [0.5, 0.6) is 11.6 Å². The smallest absolute Gasteiger partial charge is 0.224 e. The zero-order chi connectivity index (χ0) is 15.0. The predicted octanol–water partition coefficient (Wildman–Crippen LogP) is 3.47. The summed E-state index contributed by atoms with van der Waals surface area (Å²) in [4.78, 5) is 8.41. The highest BCUT2D eigenvalue weighted by molar-refractivity contribution is 9.10. The highest BCUT2D eigenvalue weighted by atomic mass is 79.9. The molecule has 21 heavy (non-hydrogen) atoms. The number of rotatable bonds is 4. The number of nitrogens with zero attached hydrogens (tertiary/aromatic N) is 2. The Kier molecular flexibility index (Phi) is 3.73. The number of nitrogens with one attached hydrogen (secondary N) is 1. The summed E-state index contributed by atoms with van der Waals surface area (Å²) in [6, 6.07) is 3.77. The van der Waals surface area contributed by atoms with Crippen molar-refractivity contribution >= 4 is 21.7 Å². The number of hydrogen-bond donors (Lipinski definition) is 2. The fourth-order valence-electron chi connectivity index (χ4n) is 1.81. The molecule has 0 bridgehead atoms. The normalized spacial score (nSPS) is 14.1. The Labute approximate surface area is 127 Å². The molecule has 2 aromatic rings. The summed E-state index contributed by atoms with van der Waals surface area (Å²) in [5.74, 6) is 4.31. The van der Waals surface area contributed by atoms with Crippen LogP contribution in [0.3, 0.4) is 0 Å². The first-order chi connectivity index (χ1) is 10.1. The Bertz CT molecular complexity index is 694. The van der Waals surface area contributed by atoms with E-state index in [1.54, 1.807) is 0 Å². The molecule has 1 aliphatic carbocycles. The number of nitrogen functional groups attached to an aromatic ring is 1. The summed E-state index contributed by atoms with van der Waals surface area (Å²) in [6.45, 7) is 0. The van der Waals surface area contributed by atoms with Crippen LogP contribution in [0.15, 0.2) is 22.7 Å². The maximum Gasteiger partial charge on any atom is 0.224 e. The van der Waals surface area contributed by atoms with Gasteiger partial charge in [0.05, 0.1) is 0 Å². The number of ether oxygens (including phenoxy) is 1. The number of anilines is 1. The third-order valence-electron chi connectivity index (χ3n) is 2.98. The summed E-state index contributed by atoms with van der Waals surface area (Å²) >= 11 is 3.08. The summed E-state index contributed by atoms with van der Waals surface area (Å²) in [5, 5.41) is 0. The molecule has 3 N–H and O–H groups in total. The summed E-state index contributed by atoms with van der Waals surface area (Å²) in [7, 11) is 0. The van der Waals surface area contributed by atoms with Crippen LogP contribution in [0, 0.1) is 11.6 Å². The van der Waals surface area contributed by atoms with Crippen LogP contribution in [0.2, 0.25) is 0 Å². The van der Waals surface area contributed by atoms with Gasteiger partial charge in [-0.25, -0.2) is 15.2 Å². The molecule has 1 aliphatic rings. The van der Waals surface area contributed by atoms with Crippen molar-refractivity contribution in [2.45, 2.75) is 18.8 Å². The van der Waals surface area contributed by atoms with Crippen molar-refractivity contribution in [2.24, 2.45) is 5.84 Å². The number of halogens is 3. The van der Waals surface area contributed by atoms with Crippen LogP contribution in [0.4, 0.5) is 14.6 Å². The number of aromatic nitrogens is 2. The van der Waals surface area contributed by atoms with Crippen LogP contribution in [0.25, 0.3) is 0 Å². The van der Waals surface area contributed by atoms with Gasteiger partial charge in [0.1, 0.15) is 11.6 Å². The molecule has 3 rings (SSSR count). The van der Waals surface area contributed by atoms with Gasteiger partial charge in [0, 0.05) is 16.5 Å². The van der Waals surface area contributed by atoms with Crippen molar-refractivity contribution in [3.8, 4) is 11.6 Å². The zero-order valence-corrected chi connectivity index (χ0v) is 12.3. The van der Waals surface area contributed by atoms with E-state index in [1.807, 2.05) is 0 Å². The molecule has 0 radical (unpaired) electrons. The maximum atomic E-state index is 13.7. The van der Waals surface area contributed by atoms with E-state index in [0.29, 0.717) is 16.1 Å². The Morgan fingerprint density at radius 1 is 1.24 bits per heavy atom. The average molecular weight is 357 g/mol. The highest BCUT2D eigenvalue weighted by Gasteiger charge is 2.28. The Hall–Kier alpha value is -1.80. The van der Waals surface area contributed by atoms with Crippen LogP contribution in [-0.2, 0) is 0 Å². The van der Waals surface area contributed by atoms with Gasteiger partial charge < -0.3 is 10.2 Å². The molecular weight excluding hydrogens is 346 g/mol. The maximum absolute atomic E-state index is 13.7. The number of hydrazine groups is 1. The monoisotopic (exact) mass is 356 g/mol. The topological polar surface area (TPSA) is 73.1 Å². The van der Waals surface area contributed by atoms with E-state index in [-0.39, 0.29) is 17.5 Å². The minimum Gasteiger partial charge on any atom is -0.436 e. The van der Waals surface area contributed by atoms with E-state index in [0.717, 1.165) is 18.9 Å². The lowest BCUT2D eigenvalue weighted by Gasteiger charge is -2.10. The Morgan fingerprint density at radius 2 is 2.00 bits per heavy atom. The first-order valence-electron chi connectivity index (χ1n) is 6.25. The number of benzene rings is 1. The zero-order valence-electron chi connectivity index (χ0n) is 10.7. The van der Waals surface area contributed by atoms with Crippen LogP contribution < -0.4 is 16.0 Å². The fourth-order valence-corrected chi connectivity index (χ4v) is 2.22. The molecule has 1 aromatic heterocycles. The van der Waals surface area contributed by atoms with Crippen LogP contribution in [-0.4, -0.2) is 9.97 Å². The van der Waals surface area contributed by atoms with Crippen molar-refractivity contribution in [1.29, 1.82) is 0 Å². The molecule has 5 nitrogen and oxygen atoms in total. The van der Waals surface area contributed by atoms with Crippen LogP contribution in [0.1, 0.15) is 24.6 Å². The van der Waals surface area contributed by atoms with Gasteiger partial charge in [-0.15, -0.1) is 0 Å². The first-order valence-corrected chi connectivity index (χ1v) is 7.04. The van der Waals surface area contributed by atoms with Gasteiger partial charge in [0.25, 0.3) is 0 Å². The Morgan fingerprint density at radius 3 is 2.67 bits per heavy atom. The van der Waals surface area contributed by atoms with Gasteiger partial charge in [-0.1, -0.05) is 15.9 Å². The van der Waals surface area contributed by atoms with Gasteiger partial charge in [0.2, 0.25) is 11.7 Å². The Balaban J connectivity index is 1.96. The van der Waals surface area contributed by atoms with E-state index in [2.05, 4.69) is 31.3 Å². The molecule has 0 spiro atoms. The summed E-state index contributed by atoms with van der Waals surface area (Å²) in [6.07, 6.45) is 1.99. The third kappa shape index (κ3) is 3.11. The van der Waals surface area contributed by atoms with Crippen molar-refractivity contribution in [2.75, 3.05) is 5.43 Å². The molecule has 110 valence electrons. The average Bonchev–Trinajstić information content (AvgIpc) is 3.28. The quantitative estimate of drug-likeness (QED) is 0.498. The molecule has 8 heteroatoms. The predicted molar refractivity (Wildman–Crippen MR) is 75.9 cm³/mol. The minimum absolute atomic E-state index is 0.108. The van der Waals surface area contributed by atoms with E-state index in [4.69, 9.17) is 10.6 Å². The van der Waals surface area contributed by atoms with E-state index >= 15 is 0 Å². The van der Waals surface area contributed by atoms with Crippen molar-refractivity contribution in [3.63, 3.8) is 0 Å². The molecule has 1 saturated carbocycles. The van der Waals surface area contributed by atoms with E-state index in [1.165, 1.54) is 12.1 Å². The second-order valence-corrected chi connectivity index (χ2v) is 5.59. The second-order valence-electron chi connectivity index (χ2n) is 4.67. The van der Waals surface area contributed by atoms with Gasteiger partial charge in [-0.2, -0.15) is 9.37 Å². The highest BCUT2D eigenvalue weighted by Crippen LogP contribution is 2.39. The third-order valence-corrected chi connectivity index (χ3v) is 3.44. The van der Waals surface area contributed by atoms with E-state index in [9.17, 15) is 8.78 Å². The van der Waals surface area contributed by atoms with E-state index < -0.39 is 11.6 Å². The number of nitrogens with two attached hydrogens (primary N) is 1. The molecular formula is C13H11BrF2N4O. The summed E-state index contributed by atoms with van der Waals surface area (Å²) < 4.78 is 32.8. The van der Waals surface area contributed by atoms with Crippen molar-refractivity contribution in [1.82, 2.24) is 9.97 Å². The SMILES string of the molecule is NNc1cc(Oc2cc(Br)cc(F)c2F)nc(C2CC2)n1. The van der Waals surface area contributed by atoms with Gasteiger partial charge in [-0.3, -0.25) is 0 Å². The molecule has 0 saturated heterocycles. The molecule has 0 unspecified atom stereocenters. The molecule has 0 aliphatic heterocycles. The lowest BCUT2D eigenvalue weighted by molar-refractivity contribution is 0.403. The van der Waals surface area contributed by atoms with Crippen molar-refractivity contribution in [3.05, 3.63) is 40.1 Å². The van der Waals surface area contributed by atoms with Crippen molar-refractivity contribution < 1.29 is 13.5 Å². The molecule has 1 aromatic carbocycles. The molecule has 1 heterocycles. The molecule has 0 amide bonds. The van der Waals surface area contributed by atoms with Gasteiger partial charge >= 0.3 is 0 Å². The molecule has 1 fully saturated rings. The van der Waals surface area contributed by atoms with Gasteiger partial charge in [-0.05, 0) is 25.0 Å². The molecule has 0 atom stereocenters. The fraction of sp³-hybridized carbons (Fsp3) is 0.231. The summed E-state index contributed by atoms with van der Waals surface area (Å²) in [5.41, 5.74) is 2.41. The number of hydrogen-bond acceptors (Lipinski definition) is 5. The minimum atomic E-state index is -1.08.